The van der Waals surface area contributed by atoms with Crippen molar-refractivity contribution in [2.45, 2.75) is 18.9 Å². The molecule has 0 amide bonds. The van der Waals surface area contributed by atoms with Crippen LogP contribution in [0.5, 0.6) is 5.75 Å². The highest BCUT2D eigenvalue weighted by molar-refractivity contribution is 5.61. The number of anilines is 1. The Bertz CT molecular complexity index is 677. The van der Waals surface area contributed by atoms with Crippen LogP contribution in [0.25, 0.3) is 0 Å². The van der Waals surface area contributed by atoms with Crippen molar-refractivity contribution in [2.24, 2.45) is 5.73 Å². The number of nitrogens with two attached hydrogens (primary N) is 1. The summed E-state index contributed by atoms with van der Waals surface area (Å²) in [5.41, 5.74) is 5.65. The number of para-hydroxylation sites is 2. The fourth-order valence-electron chi connectivity index (χ4n) is 2.04. The first-order valence-corrected chi connectivity index (χ1v) is 6.06. The van der Waals surface area contributed by atoms with Crippen LogP contribution >= 0.6 is 0 Å². The number of halogens is 3. The minimum absolute atomic E-state index is 0.151. The third kappa shape index (κ3) is 2.38. The number of aryl methyl sites for hydroxylation is 1. The van der Waals surface area contributed by atoms with Gasteiger partial charge in [-0.1, -0.05) is 12.1 Å². The molecule has 0 radical (unpaired) electrons. The minimum Gasteiger partial charge on any atom is -0.446 e. The maximum atomic E-state index is 12.8. The third-order valence-corrected chi connectivity index (χ3v) is 2.96. The highest BCUT2D eigenvalue weighted by Gasteiger charge is 2.42. The normalized spacial score (nSPS) is 20.6. The zero-order valence-corrected chi connectivity index (χ0v) is 10.9. The molecule has 1 aliphatic heterocycles. The summed E-state index contributed by atoms with van der Waals surface area (Å²) in [6.45, 7) is 1.44. The van der Waals surface area contributed by atoms with Crippen LogP contribution < -0.4 is 15.8 Å². The molecular weight excluding hydrogens is 285 g/mol. The van der Waals surface area contributed by atoms with E-state index < -0.39 is 17.7 Å². The Morgan fingerprint density at radius 2 is 1.95 bits per heavy atom. The van der Waals surface area contributed by atoms with E-state index in [1.807, 2.05) is 0 Å². The van der Waals surface area contributed by atoms with Crippen LogP contribution in [0.4, 0.5) is 18.9 Å². The van der Waals surface area contributed by atoms with Gasteiger partial charge in [0.2, 0.25) is 5.82 Å². The van der Waals surface area contributed by atoms with Gasteiger partial charge in [0.05, 0.1) is 5.69 Å². The second-order valence-electron chi connectivity index (χ2n) is 4.67. The molecule has 3 rings (SSSR count). The van der Waals surface area contributed by atoms with Gasteiger partial charge in [-0.25, -0.2) is 9.97 Å². The van der Waals surface area contributed by atoms with Crippen molar-refractivity contribution in [3.8, 4) is 5.75 Å². The van der Waals surface area contributed by atoms with E-state index in [0.717, 1.165) is 6.07 Å². The molecular formula is C13H11F3N4O. The number of aromatic nitrogens is 2. The van der Waals surface area contributed by atoms with E-state index in [0.29, 0.717) is 11.4 Å². The van der Waals surface area contributed by atoms with Gasteiger partial charge in [0.25, 0.3) is 5.85 Å². The number of nitrogens with one attached hydrogen (secondary N) is 1. The maximum Gasteiger partial charge on any atom is 0.433 e. The predicted octanol–water partition coefficient (Wildman–Crippen LogP) is 2.38. The molecule has 2 heterocycles. The molecule has 1 unspecified atom stereocenters. The van der Waals surface area contributed by atoms with Crippen LogP contribution in [0.2, 0.25) is 0 Å². The van der Waals surface area contributed by atoms with E-state index in [-0.39, 0.29) is 11.5 Å². The van der Waals surface area contributed by atoms with Crippen molar-refractivity contribution in [3.05, 3.63) is 47.5 Å². The Morgan fingerprint density at radius 1 is 1.24 bits per heavy atom. The number of alkyl halides is 3. The molecule has 0 aliphatic carbocycles. The van der Waals surface area contributed by atoms with Crippen molar-refractivity contribution in [2.75, 3.05) is 5.32 Å². The molecule has 1 aliphatic rings. The lowest BCUT2D eigenvalue weighted by atomic mass is 10.3. The van der Waals surface area contributed by atoms with E-state index in [4.69, 9.17) is 10.5 Å². The summed E-state index contributed by atoms with van der Waals surface area (Å²) >= 11 is 0. The standard InChI is InChI=1S/C13H11F3N4O/c1-7-6-10(12(14,15)16)19-11(18-7)13(17)20-8-4-2-3-5-9(8)21-13/h2-6,20H,17H2,1H3. The summed E-state index contributed by atoms with van der Waals surface area (Å²) in [5.74, 6) is -1.57. The lowest BCUT2D eigenvalue weighted by Gasteiger charge is -2.23. The number of hydrogen-bond donors (Lipinski definition) is 2. The van der Waals surface area contributed by atoms with Crippen molar-refractivity contribution in [1.82, 2.24) is 9.97 Å². The molecule has 5 nitrogen and oxygen atoms in total. The topological polar surface area (TPSA) is 73.1 Å². The van der Waals surface area contributed by atoms with Crippen LogP contribution in [0.3, 0.4) is 0 Å². The van der Waals surface area contributed by atoms with Gasteiger partial charge in [-0.2, -0.15) is 13.2 Å². The molecule has 0 spiro atoms. The lowest BCUT2D eigenvalue weighted by molar-refractivity contribution is -0.141. The Kier molecular flexibility index (Phi) is 2.80. The van der Waals surface area contributed by atoms with Crippen LogP contribution in [0, 0.1) is 6.92 Å². The van der Waals surface area contributed by atoms with E-state index >= 15 is 0 Å². The molecule has 1 aromatic heterocycles. The van der Waals surface area contributed by atoms with Crippen molar-refractivity contribution in [3.63, 3.8) is 0 Å². The fourth-order valence-corrected chi connectivity index (χ4v) is 2.04. The number of ether oxygens (including phenoxy) is 1. The van der Waals surface area contributed by atoms with Crippen LogP contribution in [0.1, 0.15) is 17.2 Å². The average Bonchev–Trinajstić information content (AvgIpc) is 2.74. The van der Waals surface area contributed by atoms with Crippen LogP contribution in [-0.2, 0) is 12.0 Å². The molecule has 0 saturated heterocycles. The first-order chi connectivity index (χ1) is 9.78. The first kappa shape index (κ1) is 13.6. The highest BCUT2D eigenvalue weighted by Crippen LogP contribution is 2.38. The number of nitrogens with zero attached hydrogens (tertiary/aromatic N) is 2. The lowest BCUT2D eigenvalue weighted by Crippen LogP contribution is -2.48. The molecule has 110 valence electrons. The smallest absolute Gasteiger partial charge is 0.433 e. The number of benzene rings is 1. The van der Waals surface area contributed by atoms with Gasteiger partial charge in [-0.15, -0.1) is 0 Å². The average molecular weight is 296 g/mol. The van der Waals surface area contributed by atoms with Gasteiger partial charge in [0.1, 0.15) is 11.4 Å². The summed E-state index contributed by atoms with van der Waals surface area (Å²) in [5, 5.41) is 2.80. The molecule has 0 saturated carbocycles. The molecule has 2 aromatic rings. The van der Waals surface area contributed by atoms with E-state index in [9.17, 15) is 13.2 Å². The molecule has 8 heteroatoms. The Labute approximate surface area is 118 Å². The van der Waals surface area contributed by atoms with E-state index in [1.165, 1.54) is 6.92 Å². The summed E-state index contributed by atoms with van der Waals surface area (Å²) in [6.07, 6.45) is -4.58. The molecule has 21 heavy (non-hydrogen) atoms. The van der Waals surface area contributed by atoms with E-state index in [1.54, 1.807) is 24.3 Å². The van der Waals surface area contributed by atoms with Crippen LogP contribution in [0.15, 0.2) is 30.3 Å². The minimum atomic E-state index is -4.58. The second kappa shape index (κ2) is 4.32. The van der Waals surface area contributed by atoms with Gasteiger partial charge >= 0.3 is 6.18 Å². The zero-order chi connectivity index (χ0) is 15.3. The maximum absolute atomic E-state index is 12.8. The van der Waals surface area contributed by atoms with Gasteiger partial charge < -0.3 is 10.1 Å². The van der Waals surface area contributed by atoms with Gasteiger partial charge in [0.15, 0.2) is 0 Å². The molecule has 0 fully saturated rings. The largest absolute Gasteiger partial charge is 0.446 e. The third-order valence-electron chi connectivity index (χ3n) is 2.96. The first-order valence-electron chi connectivity index (χ1n) is 6.06. The highest BCUT2D eigenvalue weighted by atomic mass is 19.4. The van der Waals surface area contributed by atoms with Crippen molar-refractivity contribution >= 4 is 5.69 Å². The molecule has 0 bridgehead atoms. The number of hydrogen-bond acceptors (Lipinski definition) is 5. The van der Waals surface area contributed by atoms with Gasteiger partial charge in [-0.3, -0.25) is 5.73 Å². The monoisotopic (exact) mass is 296 g/mol. The van der Waals surface area contributed by atoms with Gasteiger partial charge in [-0.05, 0) is 25.1 Å². The molecule has 1 aromatic carbocycles. The Hall–Kier alpha value is -2.35. The quantitative estimate of drug-likeness (QED) is 0.845. The summed E-state index contributed by atoms with van der Waals surface area (Å²) in [7, 11) is 0. The predicted molar refractivity (Wildman–Crippen MR) is 68.3 cm³/mol. The van der Waals surface area contributed by atoms with Crippen LogP contribution in [-0.4, -0.2) is 9.97 Å². The molecule has 3 N–H and O–H groups in total. The van der Waals surface area contributed by atoms with Gasteiger partial charge in [0, 0.05) is 5.69 Å². The van der Waals surface area contributed by atoms with Crippen molar-refractivity contribution < 1.29 is 17.9 Å². The summed E-state index contributed by atoms with van der Waals surface area (Å²) in [4.78, 5) is 7.45. The molecule has 1 atom stereocenters. The second-order valence-corrected chi connectivity index (χ2v) is 4.67. The summed E-state index contributed by atoms with van der Waals surface area (Å²) in [6, 6.07) is 7.68. The Morgan fingerprint density at radius 3 is 2.62 bits per heavy atom. The van der Waals surface area contributed by atoms with Crippen molar-refractivity contribution in [1.29, 1.82) is 0 Å². The fraction of sp³-hybridized carbons (Fsp3) is 0.231. The number of rotatable bonds is 1. The SMILES string of the molecule is Cc1cc(C(F)(F)F)nc(C2(N)Nc3ccccc3O2)n1. The Balaban J connectivity index is 2.04. The summed E-state index contributed by atoms with van der Waals surface area (Å²) < 4.78 is 44.0. The van der Waals surface area contributed by atoms with E-state index in [2.05, 4.69) is 15.3 Å². The number of fused-ring (bicyclic) bond motifs is 1. The zero-order valence-electron chi connectivity index (χ0n) is 10.9.